The van der Waals surface area contributed by atoms with Crippen molar-refractivity contribution >= 4 is 30.1 Å². The summed E-state index contributed by atoms with van der Waals surface area (Å²) in [7, 11) is 1.50. The standard InChI is InChI=1S/C6H12ClO3PS/c1-6(3-7)4-9-11(12,8-2)10-5-6/h3-5H2,1-2H3. The largest absolute Gasteiger partial charge is 0.326 e. The van der Waals surface area contributed by atoms with Crippen molar-refractivity contribution in [3.05, 3.63) is 0 Å². The zero-order valence-electron chi connectivity index (χ0n) is 7.08. The molecule has 0 aliphatic carbocycles. The molecule has 0 aromatic heterocycles. The van der Waals surface area contributed by atoms with Crippen LogP contribution in [0.25, 0.3) is 0 Å². The van der Waals surface area contributed by atoms with Crippen LogP contribution in [0, 0.1) is 5.41 Å². The summed E-state index contributed by atoms with van der Waals surface area (Å²) in [4.78, 5) is 0. The van der Waals surface area contributed by atoms with E-state index in [0.29, 0.717) is 19.1 Å². The Balaban J connectivity index is 2.55. The SMILES string of the molecule is COP1(=S)OCC(C)(CCl)CO1. The highest BCUT2D eigenvalue weighted by Crippen LogP contribution is 2.54. The predicted octanol–water partition coefficient (Wildman–Crippen LogP) is 2.15. The summed E-state index contributed by atoms with van der Waals surface area (Å²) in [5, 5.41) is 0. The molecule has 3 nitrogen and oxygen atoms in total. The van der Waals surface area contributed by atoms with Crippen molar-refractivity contribution in [1.82, 2.24) is 0 Å². The molecule has 1 heterocycles. The zero-order chi connectivity index (χ0) is 9.24. The lowest BCUT2D eigenvalue weighted by Gasteiger charge is -2.36. The van der Waals surface area contributed by atoms with Crippen LogP contribution in [0.1, 0.15) is 6.92 Å². The summed E-state index contributed by atoms with van der Waals surface area (Å²) in [5.41, 5.74) is -0.123. The van der Waals surface area contributed by atoms with Crippen molar-refractivity contribution < 1.29 is 13.6 Å². The topological polar surface area (TPSA) is 27.7 Å². The molecule has 1 aliphatic heterocycles. The molecule has 1 fully saturated rings. The van der Waals surface area contributed by atoms with Gasteiger partial charge in [0, 0.05) is 18.4 Å². The maximum atomic E-state index is 5.74. The van der Waals surface area contributed by atoms with E-state index in [1.54, 1.807) is 0 Å². The molecule has 12 heavy (non-hydrogen) atoms. The van der Waals surface area contributed by atoms with Crippen LogP contribution in [0.2, 0.25) is 0 Å². The van der Waals surface area contributed by atoms with Gasteiger partial charge in [-0.1, -0.05) is 6.92 Å². The number of hydrogen-bond donors (Lipinski definition) is 0. The molecule has 6 heteroatoms. The van der Waals surface area contributed by atoms with Gasteiger partial charge < -0.3 is 13.6 Å². The van der Waals surface area contributed by atoms with Crippen molar-refractivity contribution in [2.24, 2.45) is 5.41 Å². The van der Waals surface area contributed by atoms with Crippen LogP contribution in [-0.2, 0) is 25.4 Å². The van der Waals surface area contributed by atoms with Crippen molar-refractivity contribution in [3.63, 3.8) is 0 Å². The Kier molecular flexibility index (Phi) is 3.55. The van der Waals surface area contributed by atoms with Crippen LogP contribution >= 0.6 is 18.3 Å². The molecule has 0 saturated carbocycles. The first-order valence-corrected chi connectivity index (χ1v) is 6.63. The maximum Gasteiger partial charge on any atom is 0.326 e. The van der Waals surface area contributed by atoms with Gasteiger partial charge in [0.05, 0.1) is 13.2 Å². The van der Waals surface area contributed by atoms with E-state index in [2.05, 4.69) is 0 Å². The van der Waals surface area contributed by atoms with E-state index in [0.717, 1.165) is 0 Å². The van der Waals surface area contributed by atoms with Crippen LogP contribution in [0.4, 0.5) is 0 Å². The molecule has 0 atom stereocenters. The maximum absolute atomic E-state index is 5.74. The molecule has 0 amide bonds. The van der Waals surface area contributed by atoms with Crippen molar-refractivity contribution in [2.75, 3.05) is 26.2 Å². The van der Waals surface area contributed by atoms with Gasteiger partial charge in [-0.3, -0.25) is 0 Å². The molecular weight excluding hydrogens is 219 g/mol. The second kappa shape index (κ2) is 3.91. The van der Waals surface area contributed by atoms with Gasteiger partial charge in [0.25, 0.3) is 0 Å². The van der Waals surface area contributed by atoms with E-state index < -0.39 is 6.72 Å². The third-order valence-electron chi connectivity index (χ3n) is 1.69. The molecule has 0 aromatic carbocycles. The molecule has 1 aliphatic rings. The predicted molar refractivity (Wildman–Crippen MR) is 52.0 cm³/mol. The number of rotatable bonds is 2. The smallest absolute Gasteiger partial charge is 0.312 e. The van der Waals surface area contributed by atoms with Crippen LogP contribution in [0.3, 0.4) is 0 Å². The summed E-state index contributed by atoms with van der Waals surface area (Å²) in [6.45, 7) is 0.613. The fourth-order valence-electron chi connectivity index (χ4n) is 0.731. The van der Waals surface area contributed by atoms with Crippen molar-refractivity contribution in [2.45, 2.75) is 6.92 Å². The van der Waals surface area contributed by atoms with Gasteiger partial charge in [-0.05, 0) is 11.8 Å². The quantitative estimate of drug-likeness (QED) is 0.537. The van der Waals surface area contributed by atoms with E-state index >= 15 is 0 Å². The normalized spacial score (nSPS) is 42.9. The first kappa shape index (κ1) is 10.9. The Bertz CT molecular complexity index is 199. The molecule has 0 N–H and O–H groups in total. The average Bonchev–Trinajstić information content (AvgIpc) is 2.11. The number of halogens is 1. The van der Waals surface area contributed by atoms with E-state index in [-0.39, 0.29) is 5.41 Å². The first-order valence-electron chi connectivity index (χ1n) is 3.54. The molecule has 0 radical (unpaired) electrons. The lowest BCUT2D eigenvalue weighted by atomic mass is 9.96. The van der Waals surface area contributed by atoms with Crippen LogP contribution in [0.15, 0.2) is 0 Å². The summed E-state index contributed by atoms with van der Waals surface area (Å²) in [6, 6.07) is 0. The van der Waals surface area contributed by atoms with Gasteiger partial charge in [-0.25, -0.2) is 0 Å². The zero-order valence-corrected chi connectivity index (χ0v) is 9.55. The molecule has 0 bridgehead atoms. The fourth-order valence-corrected chi connectivity index (χ4v) is 2.43. The minimum Gasteiger partial charge on any atom is -0.312 e. The highest BCUT2D eigenvalue weighted by molar-refractivity contribution is 8.07. The molecule has 0 spiro atoms. The Labute approximate surface area is 82.6 Å². The number of alkyl halides is 1. The van der Waals surface area contributed by atoms with Gasteiger partial charge in [0.15, 0.2) is 0 Å². The minimum atomic E-state index is -2.41. The summed E-state index contributed by atoms with van der Waals surface area (Å²) in [6.07, 6.45) is 0. The van der Waals surface area contributed by atoms with E-state index in [1.165, 1.54) is 7.11 Å². The summed E-state index contributed by atoms with van der Waals surface area (Å²) < 4.78 is 15.6. The molecule has 1 rings (SSSR count). The summed E-state index contributed by atoms with van der Waals surface area (Å²) in [5.74, 6) is 0.506. The van der Waals surface area contributed by atoms with Crippen molar-refractivity contribution in [3.8, 4) is 0 Å². The van der Waals surface area contributed by atoms with Crippen LogP contribution in [0.5, 0.6) is 0 Å². The van der Waals surface area contributed by atoms with Gasteiger partial charge in [0.2, 0.25) is 0 Å². The Morgan fingerprint density at radius 3 is 2.42 bits per heavy atom. The molecular formula is C6H12ClO3PS. The highest BCUT2D eigenvalue weighted by atomic mass is 35.5. The summed E-state index contributed by atoms with van der Waals surface area (Å²) >= 11 is 10.7. The monoisotopic (exact) mass is 230 g/mol. The van der Waals surface area contributed by atoms with E-state index in [9.17, 15) is 0 Å². The molecule has 72 valence electrons. The second-order valence-electron chi connectivity index (χ2n) is 3.12. The molecule has 0 unspecified atom stereocenters. The Morgan fingerprint density at radius 1 is 1.58 bits per heavy atom. The van der Waals surface area contributed by atoms with Gasteiger partial charge in [-0.2, -0.15) is 0 Å². The fraction of sp³-hybridized carbons (Fsp3) is 1.00. The minimum absolute atomic E-state index is 0.123. The van der Waals surface area contributed by atoms with Gasteiger partial charge >= 0.3 is 6.72 Å². The third kappa shape index (κ3) is 2.41. The lowest BCUT2D eigenvalue weighted by molar-refractivity contribution is 0.0338. The molecule has 1 saturated heterocycles. The van der Waals surface area contributed by atoms with Crippen molar-refractivity contribution in [1.29, 1.82) is 0 Å². The Morgan fingerprint density at radius 2 is 2.08 bits per heavy atom. The number of hydrogen-bond acceptors (Lipinski definition) is 4. The Hall–Kier alpha value is 0.820. The third-order valence-corrected chi connectivity index (χ3v) is 4.75. The van der Waals surface area contributed by atoms with Gasteiger partial charge in [-0.15, -0.1) is 11.6 Å². The van der Waals surface area contributed by atoms with Crippen LogP contribution in [-0.4, -0.2) is 26.2 Å². The van der Waals surface area contributed by atoms with Crippen LogP contribution < -0.4 is 0 Å². The molecule has 0 aromatic rings. The highest BCUT2D eigenvalue weighted by Gasteiger charge is 2.36. The lowest BCUT2D eigenvalue weighted by Crippen LogP contribution is -2.34. The average molecular weight is 231 g/mol. The second-order valence-corrected chi connectivity index (χ2v) is 6.51. The van der Waals surface area contributed by atoms with E-state index in [4.69, 9.17) is 37.0 Å². The first-order chi connectivity index (χ1) is 5.54. The van der Waals surface area contributed by atoms with Gasteiger partial charge in [0.1, 0.15) is 0 Å². The van der Waals surface area contributed by atoms with E-state index in [1.807, 2.05) is 6.92 Å².